The second kappa shape index (κ2) is 10.4. The van der Waals surface area contributed by atoms with Crippen LogP contribution in [0.5, 0.6) is 0 Å². The zero-order valence-corrected chi connectivity index (χ0v) is 17.4. The maximum absolute atomic E-state index is 13.0. The van der Waals surface area contributed by atoms with Gasteiger partial charge in [0.1, 0.15) is 6.04 Å². The fraction of sp³-hybridized carbons (Fsp3) is 0.333. The predicted octanol–water partition coefficient (Wildman–Crippen LogP) is 4.29. The van der Waals surface area contributed by atoms with Gasteiger partial charge in [0.05, 0.1) is 5.75 Å². The topological polar surface area (TPSA) is 49.4 Å². The average Bonchev–Trinajstić information content (AvgIpc) is 2.68. The zero-order chi connectivity index (χ0) is 19.8. The highest BCUT2D eigenvalue weighted by atomic mass is 35.5. The number of hydrogen-bond acceptors (Lipinski definition) is 3. The predicted molar refractivity (Wildman–Crippen MR) is 112 cm³/mol. The maximum Gasteiger partial charge on any atom is 0.242 e. The van der Waals surface area contributed by atoms with Crippen LogP contribution in [0.4, 0.5) is 0 Å². The number of benzene rings is 2. The van der Waals surface area contributed by atoms with Gasteiger partial charge in [0.25, 0.3) is 0 Å². The summed E-state index contributed by atoms with van der Waals surface area (Å²) in [7, 11) is 1.60. The molecule has 0 aromatic heterocycles. The number of nitrogens with zero attached hydrogens (tertiary/aromatic N) is 1. The van der Waals surface area contributed by atoms with Crippen molar-refractivity contribution in [1.82, 2.24) is 10.2 Å². The number of hydrogen-bond donors (Lipinski definition) is 1. The molecule has 0 radical (unpaired) electrons. The highest BCUT2D eigenvalue weighted by Gasteiger charge is 2.27. The molecule has 2 rings (SSSR count). The summed E-state index contributed by atoms with van der Waals surface area (Å²) in [6.07, 6.45) is 0.558. The van der Waals surface area contributed by atoms with Crippen LogP contribution < -0.4 is 5.32 Å². The molecule has 0 aliphatic rings. The Morgan fingerprint density at radius 2 is 1.74 bits per heavy atom. The fourth-order valence-corrected chi connectivity index (χ4v) is 3.65. The lowest BCUT2D eigenvalue weighted by molar-refractivity contribution is -0.139. The largest absolute Gasteiger partial charge is 0.357 e. The highest BCUT2D eigenvalue weighted by molar-refractivity contribution is 8.00. The zero-order valence-electron chi connectivity index (χ0n) is 15.9. The van der Waals surface area contributed by atoms with Crippen LogP contribution in [0.2, 0.25) is 5.02 Å². The second-order valence-electron chi connectivity index (χ2n) is 6.29. The SMILES string of the molecule is CC[C@H](C(=O)NC)N(Cc1ccc(C)cc1)C(=O)CSc1ccc(Cl)cc1. The molecule has 0 unspecified atom stereocenters. The summed E-state index contributed by atoms with van der Waals surface area (Å²) in [5.74, 6) is 0.0569. The Balaban J connectivity index is 2.15. The highest BCUT2D eigenvalue weighted by Crippen LogP contribution is 2.22. The number of nitrogens with one attached hydrogen (secondary N) is 1. The van der Waals surface area contributed by atoms with Crippen molar-refractivity contribution in [2.24, 2.45) is 0 Å². The fourth-order valence-electron chi connectivity index (χ4n) is 2.74. The molecule has 27 heavy (non-hydrogen) atoms. The lowest BCUT2D eigenvalue weighted by Gasteiger charge is -2.30. The molecule has 0 spiro atoms. The first-order valence-electron chi connectivity index (χ1n) is 8.89. The summed E-state index contributed by atoms with van der Waals surface area (Å²) in [4.78, 5) is 27.9. The van der Waals surface area contributed by atoms with Gasteiger partial charge in [-0.25, -0.2) is 0 Å². The van der Waals surface area contributed by atoms with E-state index in [4.69, 9.17) is 11.6 Å². The van der Waals surface area contributed by atoms with E-state index in [1.807, 2.05) is 50.2 Å². The van der Waals surface area contributed by atoms with E-state index in [1.165, 1.54) is 11.8 Å². The first kappa shape index (κ1) is 21.3. The molecule has 0 fully saturated rings. The Morgan fingerprint density at radius 1 is 1.11 bits per heavy atom. The molecular formula is C21H25ClN2O2S. The second-order valence-corrected chi connectivity index (χ2v) is 7.77. The molecule has 4 nitrogen and oxygen atoms in total. The molecule has 6 heteroatoms. The lowest BCUT2D eigenvalue weighted by atomic mass is 10.1. The molecular weight excluding hydrogens is 380 g/mol. The van der Waals surface area contributed by atoms with Gasteiger partial charge >= 0.3 is 0 Å². The van der Waals surface area contributed by atoms with Crippen LogP contribution in [0.15, 0.2) is 53.4 Å². The van der Waals surface area contributed by atoms with Crippen molar-refractivity contribution >= 4 is 35.2 Å². The van der Waals surface area contributed by atoms with Crippen molar-refractivity contribution < 1.29 is 9.59 Å². The van der Waals surface area contributed by atoms with Gasteiger partial charge < -0.3 is 10.2 Å². The van der Waals surface area contributed by atoms with Gasteiger partial charge in [-0.05, 0) is 43.2 Å². The van der Waals surface area contributed by atoms with Crippen LogP contribution in [0.25, 0.3) is 0 Å². The van der Waals surface area contributed by atoms with E-state index in [0.29, 0.717) is 18.0 Å². The third kappa shape index (κ3) is 6.29. The standard InChI is InChI=1S/C21H25ClN2O2S/c1-4-19(21(26)23-3)24(13-16-7-5-15(2)6-8-16)20(25)14-27-18-11-9-17(22)10-12-18/h5-12,19H,4,13-14H2,1-3H3,(H,23,26)/t19-/m1/s1. The van der Waals surface area contributed by atoms with E-state index in [9.17, 15) is 9.59 Å². The van der Waals surface area contributed by atoms with Gasteiger partial charge in [-0.15, -0.1) is 11.8 Å². The van der Waals surface area contributed by atoms with Gasteiger partial charge in [-0.1, -0.05) is 48.4 Å². The number of amides is 2. The number of aryl methyl sites for hydroxylation is 1. The van der Waals surface area contributed by atoms with Crippen LogP contribution in [-0.4, -0.2) is 35.6 Å². The number of rotatable bonds is 8. The number of carbonyl (C=O) groups is 2. The Bertz CT molecular complexity index is 763. The monoisotopic (exact) mass is 404 g/mol. The van der Waals surface area contributed by atoms with Crippen molar-refractivity contribution in [3.8, 4) is 0 Å². The quantitative estimate of drug-likeness (QED) is 0.667. The Hall–Kier alpha value is -1.98. The van der Waals surface area contributed by atoms with Crippen molar-refractivity contribution in [1.29, 1.82) is 0 Å². The van der Waals surface area contributed by atoms with Gasteiger partial charge in [-0.2, -0.15) is 0 Å². The maximum atomic E-state index is 13.0. The van der Waals surface area contributed by atoms with Gasteiger partial charge in [0, 0.05) is 23.5 Å². The minimum Gasteiger partial charge on any atom is -0.357 e. The first-order valence-corrected chi connectivity index (χ1v) is 10.3. The van der Waals surface area contributed by atoms with Crippen molar-refractivity contribution in [2.75, 3.05) is 12.8 Å². The lowest BCUT2D eigenvalue weighted by Crippen LogP contribution is -2.48. The average molecular weight is 405 g/mol. The van der Waals surface area contributed by atoms with Crippen LogP contribution in [0.3, 0.4) is 0 Å². The molecule has 1 atom stereocenters. The molecule has 0 aliphatic carbocycles. The molecule has 2 aromatic carbocycles. The van der Waals surface area contributed by atoms with E-state index in [2.05, 4.69) is 5.32 Å². The molecule has 2 aromatic rings. The third-order valence-electron chi connectivity index (χ3n) is 4.28. The summed E-state index contributed by atoms with van der Waals surface area (Å²) in [6, 6.07) is 14.9. The molecule has 144 valence electrons. The van der Waals surface area contributed by atoms with E-state index in [1.54, 1.807) is 24.1 Å². The molecule has 0 heterocycles. The third-order valence-corrected chi connectivity index (χ3v) is 5.53. The van der Waals surface area contributed by atoms with Gasteiger partial charge in [0.2, 0.25) is 11.8 Å². The molecule has 1 N–H and O–H groups in total. The van der Waals surface area contributed by atoms with Crippen LogP contribution in [-0.2, 0) is 16.1 Å². The van der Waals surface area contributed by atoms with Crippen LogP contribution >= 0.6 is 23.4 Å². The van der Waals surface area contributed by atoms with Crippen LogP contribution in [0.1, 0.15) is 24.5 Å². The van der Waals surface area contributed by atoms with Crippen LogP contribution in [0, 0.1) is 6.92 Å². The van der Waals surface area contributed by atoms with E-state index < -0.39 is 6.04 Å². The number of halogens is 1. The van der Waals surface area contributed by atoms with Crippen molar-refractivity contribution in [3.63, 3.8) is 0 Å². The Morgan fingerprint density at radius 3 is 2.30 bits per heavy atom. The summed E-state index contributed by atoms with van der Waals surface area (Å²) in [5, 5.41) is 3.34. The van der Waals surface area contributed by atoms with Crippen molar-refractivity contribution in [3.05, 3.63) is 64.7 Å². The van der Waals surface area contributed by atoms with E-state index >= 15 is 0 Å². The number of thioether (sulfide) groups is 1. The molecule has 0 saturated carbocycles. The minimum absolute atomic E-state index is 0.0639. The summed E-state index contributed by atoms with van der Waals surface area (Å²) >= 11 is 7.35. The number of likely N-dealkylation sites (N-methyl/N-ethyl adjacent to an activating group) is 1. The summed E-state index contributed by atoms with van der Waals surface area (Å²) in [5.41, 5.74) is 2.17. The van der Waals surface area contributed by atoms with Gasteiger partial charge in [-0.3, -0.25) is 9.59 Å². The van der Waals surface area contributed by atoms with E-state index in [-0.39, 0.29) is 17.6 Å². The normalized spacial score (nSPS) is 11.7. The minimum atomic E-state index is -0.491. The van der Waals surface area contributed by atoms with Gasteiger partial charge in [0.15, 0.2) is 0 Å². The molecule has 2 amide bonds. The number of carbonyl (C=O) groups excluding carboxylic acids is 2. The molecule has 0 saturated heterocycles. The first-order chi connectivity index (χ1) is 12.9. The Kier molecular flexibility index (Phi) is 8.20. The van der Waals surface area contributed by atoms with Crippen molar-refractivity contribution in [2.45, 2.75) is 37.8 Å². The summed E-state index contributed by atoms with van der Waals surface area (Å²) < 4.78 is 0. The Labute approximate surface area is 170 Å². The molecule has 0 bridgehead atoms. The molecule has 0 aliphatic heterocycles. The van der Waals surface area contributed by atoms with E-state index in [0.717, 1.165) is 16.0 Å². The summed E-state index contributed by atoms with van der Waals surface area (Å²) in [6.45, 7) is 4.35. The smallest absolute Gasteiger partial charge is 0.242 e.